The summed E-state index contributed by atoms with van der Waals surface area (Å²) in [5, 5.41) is 2.07. The average molecular weight is 172 g/mol. The maximum absolute atomic E-state index is 5.94. The molecule has 0 saturated heterocycles. The Morgan fingerprint density at radius 1 is 1.00 bits per heavy atom. The largest absolute Gasteiger partial charge is 0.398 e. The monoisotopic (exact) mass is 172 g/mol. The van der Waals surface area contributed by atoms with Crippen molar-refractivity contribution in [2.24, 2.45) is 0 Å². The van der Waals surface area contributed by atoms with E-state index in [-0.39, 0.29) is 0 Å². The second-order valence-corrected chi connectivity index (χ2v) is 3.24. The molecule has 0 fully saturated rings. The van der Waals surface area contributed by atoms with Crippen LogP contribution in [0.5, 0.6) is 0 Å². The van der Waals surface area contributed by atoms with E-state index >= 15 is 0 Å². The molecule has 0 aliphatic rings. The van der Waals surface area contributed by atoms with E-state index in [0.717, 1.165) is 27.7 Å². The van der Waals surface area contributed by atoms with Gasteiger partial charge in [-0.05, 0) is 23.9 Å². The molecular formula is C11H12N2. The smallest absolute Gasteiger partial charge is 0.0444 e. The number of anilines is 2. The standard InChI is InChI=1S/C11H12N2/c1-7-5-6-8-3-2-4-9(12)10(8)11(7)13/h2-6H,12-13H2,1H3. The van der Waals surface area contributed by atoms with Crippen molar-refractivity contribution in [2.75, 3.05) is 11.5 Å². The minimum atomic E-state index is 0.749. The first kappa shape index (κ1) is 7.92. The Labute approximate surface area is 77.2 Å². The van der Waals surface area contributed by atoms with Crippen LogP contribution in [0, 0.1) is 6.92 Å². The van der Waals surface area contributed by atoms with Crippen molar-refractivity contribution in [2.45, 2.75) is 6.92 Å². The Bertz CT molecular complexity index is 461. The van der Waals surface area contributed by atoms with Gasteiger partial charge in [-0.25, -0.2) is 0 Å². The van der Waals surface area contributed by atoms with Gasteiger partial charge in [-0.15, -0.1) is 0 Å². The molecule has 2 nitrogen and oxygen atoms in total. The second-order valence-electron chi connectivity index (χ2n) is 3.24. The van der Waals surface area contributed by atoms with Crippen molar-refractivity contribution < 1.29 is 0 Å². The van der Waals surface area contributed by atoms with Crippen LogP contribution in [0.15, 0.2) is 30.3 Å². The minimum Gasteiger partial charge on any atom is -0.398 e. The molecule has 2 rings (SSSR count). The average Bonchev–Trinajstić information content (AvgIpc) is 2.12. The predicted molar refractivity (Wildman–Crippen MR) is 57.5 cm³/mol. The first-order chi connectivity index (χ1) is 6.20. The highest BCUT2D eigenvalue weighted by molar-refractivity contribution is 6.02. The van der Waals surface area contributed by atoms with E-state index in [1.54, 1.807) is 0 Å². The van der Waals surface area contributed by atoms with Crippen molar-refractivity contribution >= 4 is 22.1 Å². The molecule has 0 heterocycles. The number of benzene rings is 2. The molecular weight excluding hydrogens is 160 g/mol. The van der Waals surface area contributed by atoms with Crippen LogP contribution in [-0.2, 0) is 0 Å². The molecule has 0 amide bonds. The lowest BCUT2D eigenvalue weighted by atomic mass is 10.0. The van der Waals surface area contributed by atoms with Gasteiger partial charge in [0.15, 0.2) is 0 Å². The zero-order chi connectivity index (χ0) is 9.42. The number of nitrogens with two attached hydrogens (primary N) is 2. The lowest BCUT2D eigenvalue weighted by Gasteiger charge is -2.07. The number of hydrogen-bond acceptors (Lipinski definition) is 2. The molecule has 2 aromatic carbocycles. The molecule has 0 bridgehead atoms. The number of fused-ring (bicyclic) bond motifs is 1. The number of nitrogen functional groups attached to an aromatic ring is 2. The van der Waals surface area contributed by atoms with Crippen LogP contribution in [0.2, 0.25) is 0 Å². The van der Waals surface area contributed by atoms with E-state index in [0.29, 0.717) is 0 Å². The van der Waals surface area contributed by atoms with Crippen molar-refractivity contribution in [1.82, 2.24) is 0 Å². The first-order valence-electron chi connectivity index (χ1n) is 4.23. The summed E-state index contributed by atoms with van der Waals surface area (Å²) in [5.74, 6) is 0. The normalized spacial score (nSPS) is 10.5. The van der Waals surface area contributed by atoms with Gasteiger partial charge >= 0.3 is 0 Å². The molecule has 0 saturated carbocycles. The van der Waals surface area contributed by atoms with E-state index < -0.39 is 0 Å². The zero-order valence-corrected chi connectivity index (χ0v) is 7.54. The van der Waals surface area contributed by atoms with Crippen molar-refractivity contribution in [3.05, 3.63) is 35.9 Å². The van der Waals surface area contributed by atoms with Gasteiger partial charge in [0.2, 0.25) is 0 Å². The zero-order valence-electron chi connectivity index (χ0n) is 7.54. The van der Waals surface area contributed by atoms with E-state index in [9.17, 15) is 0 Å². The molecule has 0 atom stereocenters. The third-order valence-electron chi connectivity index (χ3n) is 2.34. The summed E-state index contributed by atoms with van der Waals surface area (Å²) >= 11 is 0. The molecule has 13 heavy (non-hydrogen) atoms. The van der Waals surface area contributed by atoms with Gasteiger partial charge in [-0.1, -0.05) is 24.3 Å². The molecule has 0 spiro atoms. The third kappa shape index (κ3) is 1.11. The van der Waals surface area contributed by atoms with Gasteiger partial charge < -0.3 is 11.5 Å². The highest BCUT2D eigenvalue weighted by Gasteiger charge is 2.02. The van der Waals surface area contributed by atoms with Crippen LogP contribution in [0.3, 0.4) is 0 Å². The molecule has 66 valence electrons. The molecule has 4 N–H and O–H groups in total. The Balaban J connectivity index is 2.97. The van der Waals surface area contributed by atoms with Gasteiger partial charge in [-0.2, -0.15) is 0 Å². The van der Waals surface area contributed by atoms with Crippen molar-refractivity contribution in [3.8, 4) is 0 Å². The van der Waals surface area contributed by atoms with Crippen molar-refractivity contribution in [3.63, 3.8) is 0 Å². The molecule has 2 aromatic rings. The fourth-order valence-electron chi connectivity index (χ4n) is 1.54. The summed E-state index contributed by atoms with van der Waals surface area (Å²) < 4.78 is 0. The van der Waals surface area contributed by atoms with Gasteiger partial charge in [0.1, 0.15) is 0 Å². The Hall–Kier alpha value is -1.70. The molecule has 0 radical (unpaired) electrons. The summed E-state index contributed by atoms with van der Waals surface area (Å²) in [4.78, 5) is 0. The number of rotatable bonds is 0. The Morgan fingerprint density at radius 2 is 1.77 bits per heavy atom. The van der Waals surface area contributed by atoms with Crippen LogP contribution in [0.1, 0.15) is 5.56 Å². The molecule has 0 aliphatic carbocycles. The van der Waals surface area contributed by atoms with E-state index in [1.807, 2.05) is 37.3 Å². The lowest BCUT2D eigenvalue weighted by Crippen LogP contribution is -1.94. The highest BCUT2D eigenvalue weighted by atomic mass is 14.6. The fourth-order valence-corrected chi connectivity index (χ4v) is 1.54. The van der Waals surface area contributed by atoms with Crippen molar-refractivity contribution in [1.29, 1.82) is 0 Å². The van der Waals surface area contributed by atoms with Crippen LogP contribution in [-0.4, -0.2) is 0 Å². The Morgan fingerprint density at radius 3 is 2.54 bits per heavy atom. The molecule has 0 unspecified atom stereocenters. The summed E-state index contributed by atoms with van der Waals surface area (Å²) in [5.41, 5.74) is 14.4. The highest BCUT2D eigenvalue weighted by Crippen LogP contribution is 2.28. The molecule has 0 aromatic heterocycles. The maximum atomic E-state index is 5.94. The number of aryl methyl sites for hydroxylation is 1. The van der Waals surface area contributed by atoms with Crippen LogP contribution in [0.25, 0.3) is 10.8 Å². The van der Waals surface area contributed by atoms with Gasteiger partial charge in [-0.3, -0.25) is 0 Å². The summed E-state index contributed by atoms with van der Waals surface area (Å²) in [6, 6.07) is 9.88. The molecule has 2 heteroatoms. The van der Waals surface area contributed by atoms with Crippen LogP contribution < -0.4 is 11.5 Å². The van der Waals surface area contributed by atoms with Gasteiger partial charge in [0.05, 0.1) is 0 Å². The Kier molecular flexibility index (Phi) is 1.62. The van der Waals surface area contributed by atoms with E-state index in [4.69, 9.17) is 11.5 Å². The van der Waals surface area contributed by atoms with Crippen LogP contribution in [0.4, 0.5) is 11.4 Å². The number of hydrogen-bond donors (Lipinski definition) is 2. The SMILES string of the molecule is Cc1ccc2cccc(N)c2c1N. The predicted octanol–water partition coefficient (Wildman–Crippen LogP) is 2.31. The van der Waals surface area contributed by atoms with Gasteiger partial charge in [0, 0.05) is 16.8 Å². The second kappa shape index (κ2) is 2.66. The fraction of sp³-hybridized carbons (Fsp3) is 0.0909. The molecule has 0 aliphatic heterocycles. The maximum Gasteiger partial charge on any atom is 0.0444 e. The van der Waals surface area contributed by atoms with E-state index in [1.165, 1.54) is 0 Å². The third-order valence-corrected chi connectivity index (χ3v) is 2.34. The van der Waals surface area contributed by atoms with E-state index in [2.05, 4.69) is 0 Å². The summed E-state index contributed by atoms with van der Waals surface area (Å²) in [6.45, 7) is 1.99. The minimum absolute atomic E-state index is 0.749. The topological polar surface area (TPSA) is 52.0 Å². The quantitative estimate of drug-likeness (QED) is 0.599. The lowest BCUT2D eigenvalue weighted by molar-refractivity contribution is 1.50. The summed E-state index contributed by atoms with van der Waals surface area (Å²) in [7, 11) is 0. The summed E-state index contributed by atoms with van der Waals surface area (Å²) in [6.07, 6.45) is 0. The van der Waals surface area contributed by atoms with Crippen LogP contribution >= 0.6 is 0 Å². The first-order valence-corrected chi connectivity index (χ1v) is 4.23. The van der Waals surface area contributed by atoms with Gasteiger partial charge in [0.25, 0.3) is 0 Å².